The van der Waals surface area contributed by atoms with E-state index in [9.17, 15) is 0 Å². The summed E-state index contributed by atoms with van der Waals surface area (Å²) in [5.41, 5.74) is 25.0. The number of allylic oxidation sites excluding steroid dienone is 4. The largest absolute Gasteiger partial charge is 0.341 e. The minimum absolute atomic E-state index is 0.0207. The molecule has 2 nitrogen and oxygen atoms in total. The van der Waals surface area contributed by atoms with E-state index in [1.54, 1.807) is 0 Å². The molecule has 12 aromatic carbocycles. The van der Waals surface area contributed by atoms with E-state index in [1.807, 2.05) is 0 Å². The molecule has 1 aliphatic rings. The Morgan fingerprint density at radius 3 is 1.12 bits per heavy atom. The molecule has 1 aliphatic carbocycles. The summed E-state index contributed by atoms with van der Waals surface area (Å²) < 4.78 is 4.90. The van der Waals surface area contributed by atoms with Gasteiger partial charge in [-0.2, -0.15) is 0 Å². The second kappa shape index (κ2) is 20.6. The number of benzene rings is 12. The molecule has 0 radical (unpaired) electrons. The Morgan fingerprint density at radius 1 is 0.321 bits per heavy atom. The van der Waals surface area contributed by atoms with Gasteiger partial charge in [-0.3, -0.25) is 0 Å². The topological polar surface area (TPSA) is 9.86 Å². The molecular weight excluding hydrogens is 1010 g/mol. The van der Waals surface area contributed by atoms with Gasteiger partial charge in [0, 0.05) is 62.6 Å². The molecule has 1 unspecified atom stereocenters. The Labute approximate surface area is 492 Å². The molecule has 0 fully saturated rings. The maximum Gasteiger partial charge on any atom is 0.0491 e. The summed E-state index contributed by atoms with van der Waals surface area (Å²) in [4.78, 5) is 0. The van der Waals surface area contributed by atoms with Crippen molar-refractivity contribution in [3.8, 4) is 77.9 Å². The average Bonchev–Trinajstić information content (AvgIpc) is 1.27. The molecule has 15 rings (SSSR count). The number of hydrogen-bond donors (Lipinski definition) is 0. The quantitative estimate of drug-likeness (QED) is 0.121. The minimum atomic E-state index is -0.0207. The molecule has 0 saturated carbocycles. The van der Waals surface area contributed by atoms with Gasteiger partial charge in [-0.25, -0.2) is 0 Å². The summed E-state index contributed by atoms with van der Waals surface area (Å²) in [6, 6.07) is 91.8. The molecule has 1 atom stereocenters. The SMILES string of the molecule is CCn1c2ccc(-c3ccccc3)cc2c2cc(-c3ccc(-c4ccc(-c5c6ccccc6c(-c6ccc(-c7ccc(-c8ccc9c(c8)c8cc(C%10C=CC=CC%10)ccc8n9CC)cc7)cc6)c6ccc(C(C)(C)C)cc56)cc4)cc3)ccc21. The molecule has 0 aliphatic heterocycles. The summed E-state index contributed by atoms with van der Waals surface area (Å²) in [5.74, 6) is 0.420. The fourth-order valence-corrected chi connectivity index (χ4v) is 13.8. The summed E-state index contributed by atoms with van der Waals surface area (Å²) in [6.45, 7) is 13.3. The lowest BCUT2D eigenvalue weighted by Crippen LogP contribution is -2.10. The lowest BCUT2D eigenvalue weighted by atomic mass is 9.81. The zero-order valence-electron chi connectivity index (χ0n) is 48.5. The van der Waals surface area contributed by atoms with Gasteiger partial charge in [0.05, 0.1) is 0 Å². The fourth-order valence-electron chi connectivity index (χ4n) is 13.8. The van der Waals surface area contributed by atoms with Crippen LogP contribution in [0.25, 0.3) is 143 Å². The maximum absolute atomic E-state index is 2.46. The highest BCUT2D eigenvalue weighted by atomic mass is 15.0. The lowest BCUT2D eigenvalue weighted by molar-refractivity contribution is 0.591. The van der Waals surface area contributed by atoms with Crippen LogP contribution in [0, 0.1) is 0 Å². The fraction of sp³-hybridized carbons (Fsp3) is 0.122. The molecule has 0 spiro atoms. The van der Waals surface area contributed by atoms with E-state index in [4.69, 9.17) is 0 Å². The van der Waals surface area contributed by atoms with E-state index in [2.05, 4.69) is 311 Å². The van der Waals surface area contributed by atoms with Crippen LogP contribution < -0.4 is 0 Å². The Bertz CT molecular complexity index is 4920. The van der Waals surface area contributed by atoms with Crippen LogP contribution >= 0.6 is 0 Å². The number of aromatic nitrogens is 2. The van der Waals surface area contributed by atoms with Crippen molar-refractivity contribution in [2.45, 2.75) is 65.5 Å². The first-order chi connectivity index (χ1) is 41.2. The van der Waals surface area contributed by atoms with Crippen LogP contribution in [0.5, 0.6) is 0 Å². The smallest absolute Gasteiger partial charge is 0.0491 e. The van der Waals surface area contributed by atoms with E-state index in [0.717, 1.165) is 19.5 Å². The Hall–Kier alpha value is -9.76. The average molecular weight is 1080 g/mol. The van der Waals surface area contributed by atoms with Crippen LogP contribution in [0.15, 0.2) is 267 Å². The summed E-state index contributed by atoms with van der Waals surface area (Å²) in [5, 5.41) is 10.3. The van der Waals surface area contributed by atoms with Gasteiger partial charge < -0.3 is 9.13 Å². The summed E-state index contributed by atoms with van der Waals surface area (Å²) in [6.07, 6.45) is 10.0. The molecule has 14 aromatic rings. The van der Waals surface area contributed by atoms with Crippen LogP contribution in [0.3, 0.4) is 0 Å². The zero-order chi connectivity index (χ0) is 56.6. The van der Waals surface area contributed by atoms with Gasteiger partial charge in [-0.15, -0.1) is 0 Å². The van der Waals surface area contributed by atoms with Crippen molar-refractivity contribution in [2.75, 3.05) is 0 Å². The molecular formula is C82H66N2. The molecule has 0 bridgehead atoms. The van der Waals surface area contributed by atoms with Crippen molar-refractivity contribution in [2.24, 2.45) is 0 Å². The first-order valence-electron chi connectivity index (χ1n) is 30.1. The maximum atomic E-state index is 2.46. The highest BCUT2D eigenvalue weighted by Crippen LogP contribution is 2.46. The zero-order valence-corrected chi connectivity index (χ0v) is 48.5. The highest BCUT2D eigenvalue weighted by Gasteiger charge is 2.22. The van der Waals surface area contributed by atoms with Gasteiger partial charge in [0.15, 0.2) is 0 Å². The van der Waals surface area contributed by atoms with Crippen molar-refractivity contribution in [1.82, 2.24) is 9.13 Å². The number of hydrogen-bond acceptors (Lipinski definition) is 0. The van der Waals surface area contributed by atoms with Crippen molar-refractivity contribution in [1.29, 1.82) is 0 Å². The van der Waals surface area contributed by atoms with E-state index in [0.29, 0.717) is 5.92 Å². The Morgan fingerprint density at radius 2 is 0.690 bits per heavy atom. The van der Waals surface area contributed by atoms with E-state index in [-0.39, 0.29) is 5.41 Å². The second-order valence-corrected chi connectivity index (χ2v) is 24.1. The van der Waals surface area contributed by atoms with E-state index in [1.165, 1.54) is 154 Å². The summed E-state index contributed by atoms with van der Waals surface area (Å²) >= 11 is 0. The third kappa shape index (κ3) is 8.79. The van der Waals surface area contributed by atoms with Crippen LogP contribution in [0.1, 0.15) is 58.1 Å². The van der Waals surface area contributed by atoms with Crippen molar-refractivity contribution < 1.29 is 0 Å². The number of rotatable bonds is 10. The molecule has 2 heteroatoms. The molecule has 404 valence electrons. The molecule has 0 N–H and O–H groups in total. The van der Waals surface area contributed by atoms with Gasteiger partial charge >= 0.3 is 0 Å². The standard InChI is InChI=1S/C82H66N2/c1-6-83-76-44-38-63(53-16-10-8-11-17-53)48-71(76)73-50-65(40-46-78(73)83)59-26-22-55(23-27-59)57-30-34-61(35-31-57)80-68-20-14-15-21-69(68)81(75-52-67(82(3,4)5)42-43-70(75)80)62-36-32-58(33-37-62)56-24-28-60(29-25-56)66-41-47-79-74(51-66)72-49-64(54-18-12-9-13-19-54)39-45-77(72)84(79)7-2/h8-16,18-53H,6-7,17H2,1-5H3. The molecule has 2 aromatic heterocycles. The lowest BCUT2D eigenvalue weighted by Gasteiger charge is -2.23. The number of aryl methyl sites for hydroxylation is 2. The van der Waals surface area contributed by atoms with Crippen LogP contribution in [-0.4, -0.2) is 9.13 Å². The van der Waals surface area contributed by atoms with E-state index >= 15 is 0 Å². The number of nitrogens with zero attached hydrogens (tertiary/aromatic N) is 2. The Kier molecular flexibility index (Phi) is 12.5. The second-order valence-electron chi connectivity index (χ2n) is 24.1. The van der Waals surface area contributed by atoms with Crippen LogP contribution in [-0.2, 0) is 18.5 Å². The first kappa shape index (κ1) is 51.1. The molecule has 0 saturated heterocycles. The monoisotopic (exact) mass is 1080 g/mol. The summed E-state index contributed by atoms with van der Waals surface area (Å²) in [7, 11) is 0. The Balaban J connectivity index is 0.735. The van der Waals surface area contributed by atoms with Gasteiger partial charge in [0.1, 0.15) is 0 Å². The molecule has 0 amide bonds. The van der Waals surface area contributed by atoms with Crippen molar-refractivity contribution in [3.63, 3.8) is 0 Å². The molecule has 2 heterocycles. The van der Waals surface area contributed by atoms with Crippen LogP contribution in [0.4, 0.5) is 0 Å². The van der Waals surface area contributed by atoms with Crippen LogP contribution in [0.2, 0.25) is 0 Å². The predicted molar refractivity (Wildman–Crippen MR) is 361 cm³/mol. The van der Waals surface area contributed by atoms with Gasteiger partial charge in [-0.1, -0.05) is 233 Å². The normalized spacial score (nSPS) is 13.6. The third-order valence-corrected chi connectivity index (χ3v) is 18.2. The molecule has 84 heavy (non-hydrogen) atoms. The highest BCUT2D eigenvalue weighted by molar-refractivity contribution is 6.22. The van der Waals surface area contributed by atoms with Crippen molar-refractivity contribution >= 4 is 65.2 Å². The predicted octanol–water partition coefficient (Wildman–Crippen LogP) is 22.8. The first-order valence-corrected chi connectivity index (χ1v) is 30.1. The van der Waals surface area contributed by atoms with Gasteiger partial charge in [0.2, 0.25) is 0 Å². The minimum Gasteiger partial charge on any atom is -0.341 e. The third-order valence-electron chi connectivity index (χ3n) is 18.2. The van der Waals surface area contributed by atoms with E-state index < -0.39 is 0 Å². The van der Waals surface area contributed by atoms with Gasteiger partial charge in [0.25, 0.3) is 0 Å². The van der Waals surface area contributed by atoms with Gasteiger partial charge in [-0.05, 0) is 191 Å². The number of fused-ring (bicyclic) bond motifs is 8. The van der Waals surface area contributed by atoms with Crippen molar-refractivity contribution in [3.05, 3.63) is 278 Å².